The average molecular weight is 360 g/mol. The van der Waals surface area contributed by atoms with Gasteiger partial charge < -0.3 is 4.98 Å². The van der Waals surface area contributed by atoms with Crippen molar-refractivity contribution in [2.75, 3.05) is 7.05 Å². The molecular weight excluding hydrogens is 340 g/mol. The van der Waals surface area contributed by atoms with E-state index in [2.05, 4.69) is 21.3 Å². The third-order valence-electron chi connectivity index (χ3n) is 4.64. The molecule has 0 spiro atoms. The number of aromatic nitrogens is 1. The highest BCUT2D eigenvalue weighted by molar-refractivity contribution is 7.09. The average Bonchev–Trinajstić information content (AvgIpc) is 3.32. The molecule has 0 aliphatic heterocycles. The van der Waals surface area contributed by atoms with Gasteiger partial charge in [-0.3, -0.25) is 9.69 Å². The molecule has 0 fully saturated rings. The number of para-hydroxylation sites is 1. The summed E-state index contributed by atoms with van der Waals surface area (Å²) in [5.74, 6) is 0.118. The van der Waals surface area contributed by atoms with Crippen molar-refractivity contribution in [1.82, 2.24) is 9.88 Å². The number of hydrogen-bond acceptors (Lipinski definition) is 3. The Labute approximate surface area is 156 Å². The van der Waals surface area contributed by atoms with Crippen molar-refractivity contribution in [2.45, 2.75) is 12.6 Å². The number of rotatable bonds is 6. The summed E-state index contributed by atoms with van der Waals surface area (Å²) >= 11 is 1.72. The summed E-state index contributed by atoms with van der Waals surface area (Å²) in [6.07, 6.45) is 1.84. The molecule has 2 aromatic carbocycles. The smallest absolute Gasteiger partial charge is 0.186 e. The first-order valence-electron chi connectivity index (χ1n) is 8.62. The molecule has 26 heavy (non-hydrogen) atoms. The summed E-state index contributed by atoms with van der Waals surface area (Å²) < 4.78 is 0. The normalized spacial score (nSPS) is 12.5. The lowest BCUT2D eigenvalue weighted by molar-refractivity contribution is 0.0846. The first-order chi connectivity index (χ1) is 12.7. The van der Waals surface area contributed by atoms with Crippen LogP contribution in [0.5, 0.6) is 0 Å². The van der Waals surface area contributed by atoms with E-state index in [1.165, 1.54) is 4.88 Å². The summed E-state index contributed by atoms with van der Waals surface area (Å²) in [6.45, 7) is 0.741. The molecule has 0 aliphatic rings. The highest BCUT2D eigenvalue weighted by Crippen LogP contribution is 2.29. The number of carbonyl (C=O) groups is 1. The fourth-order valence-electron chi connectivity index (χ4n) is 3.40. The van der Waals surface area contributed by atoms with Crippen LogP contribution in [0.1, 0.15) is 26.8 Å². The van der Waals surface area contributed by atoms with E-state index in [1.807, 2.05) is 73.9 Å². The largest absolute Gasteiger partial charge is 0.360 e. The SMILES string of the molecule is CN(Cc1cccs1)[C@H](C(=O)c1c[nH]c2ccccc12)c1ccccc1. The lowest BCUT2D eigenvalue weighted by atomic mass is 9.96. The highest BCUT2D eigenvalue weighted by atomic mass is 32.1. The van der Waals surface area contributed by atoms with E-state index < -0.39 is 0 Å². The number of ketones is 1. The van der Waals surface area contributed by atoms with E-state index >= 15 is 0 Å². The van der Waals surface area contributed by atoms with Gasteiger partial charge in [0.2, 0.25) is 0 Å². The number of Topliss-reactive ketones (excluding diaryl/α,β-unsaturated/α-hetero) is 1. The van der Waals surface area contributed by atoms with Crippen LogP contribution in [0.15, 0.2) is 78.3 Å². The second kappa shape index (κ2) is 7.28. The van der Waals surface area contributed by atoms with E-state index in [1.54, 1.807) is 11.3 Å². The fraction of sp³-hybridized carbons (Fsp3) is 0.136. The Balaban J connectivity index is 1.73. The van der Waals surface area contributed by atoms with Crippen molar-refractivity contribution in [1.29, 1.82) is 0 Å². The van der Waals surface area contributed by atoms with E-state index in [4.69, 9.17) is 0 Å². The lowest BCUT2D eigenvalue weighted by Gasteiger charge is -2.27. The maximum absolute atomic E-state index is 13.5. The minimum Gasteiger partial charge on any atom is -0.360 e. The Bertz CT molecular complexity index is 1010. The Morgan fingerprint density at radius 1 is 1.04 bits per heavy atom. The van der Waals surface area contributed by atoms with Gasteiger partial charge in [-0.25, -0.2) is 0 Å². The zero-order valence-corrected chi connectivity index (χ0v) is 15.4. The fourth-order valence-corrected chi connectivity index (χ4v) is 4.17. The van der Waals surface area contributed by atoms with E-state index in [-0.39, 0.29) is 11.8 Å². The Morgan fingerprint density at radius 2 is 1.81 bits per heavy atom. The summed E-state index contributed by atoms with van der Waals surface area (Å²) in [5.41, 5.74) is 2.75. The second-order valence-electron chi connectivity index (χ2n) is 6.42. The molecule has 3 nitrogen and oxygen atoms in total. The van der Waals surface area contributed by atoms with Crippen LogP contribution >= 0.6 is 11.3 Å². The number of nitrogens with one attached hydrogen (secondary N) is 1. The molecule has 0 radical (unpaired) electrons. The molecule has 0 bridgehead atoms. The minimum atomic E-state index is -0.322. The maximum atomic E-state index is 13.5. The minimum absolute atomic E-state index is 0.118. The van der Waals surface area contributed by atoms with E-state index in [0.717, 1.165) is 28.6 Å². The Hall–Kier alpha value is -2.69. The molecule has 0 saturated carbocycles. The van der Waals surface area contributed by atoms with E-state index in [9.17, 15) is 4.79 Å². The molecule has 1 N–H and O–H groups in total. The molecule has 0 saturated heterocycles. The van der Waals surface area contributed by atoms with Crippen molar-refractivity contribution in [2.24, 2.45) is 0 Å². The summed E-state index contributed by atoms with van der Waals surface area (Å²) in [5, 5.41) is 3.05. The molecule has 4 aromatic rings. The van der Waals surface area contributed by atoms with Gasteiger partial charge in [-0.2, -0.15) is 0 Å². The highest BCUT2D eigenvalue weighted by Gasteiger charge is 2.28. The number of H-pyrrole nitrogens is 1. The molecule has 2 aromatic heterocycles. The molecule has 4 heteroatoms. The number of thiophene rings is 1. The zero-order valence-electron chi connectivity index (χ0n) is 14.6. The lowest BCUT2D eigenvalue weighted by Crippen LogP contribution is -2.30. The number of benzene rings is 2. The molecule has 0 amide bonds. The number of nitrogens with zero attached hydrogens (tertiary/aromatic N) is 1. The van der Waals surface area contributed by atoms with Crippen LogP contribution in [0.3, 0.4) is 0 Å². The second-order valence-corrected chi connectivity index (χ2v) is 7.45. The van der Waals surface area contributed by atoms with Gasteiger partial charge in [0, 0.05) is 34.1 Å². The number of hydrogen-bond donors (Lipinski definition) is 1. The molecule has 130 valence electrons. The first-order valence-corrected chi connectivity index (χ1v) is 9.50. The van der Waals surface area contributed by atoms with Crippen LogP contribution in [0.25, 0.3) is 10.9 Å². The van der Waals surface area contributed by atoms with Crippen LogP contribution in [0.2, 0.25) is 0 Å². The number of carbonyl (C=O) groups excluding carboxylic acids is 1. The predicted octanol–water partition coefficient (Wildman–Crippen LogP) is 5.29. The van der Waals surface area contributed by atoms with Crippen molar-refractivity contribution in [3.8, 4) is 0 Å². The predicted molar refractivity (Wildman–Crippen MR) is 108 cm³/mol. The Morgan fingerprint density at radius 3 is 2.58 bits per heavy atom. The molecule has 0 aliphatic carbocycles. The summed E-state index contributed by atoms with van der Waals surface area (Å²) in [6, 6.07) is 21.8. The van der Waals surface area contributed by atoms with Gasteiger partial charge in [0.1, 0.15) is 0 Å². The van der Waals surface area contributed by atoms with Crippen LogP contribution in [-0.2, 0) is 6.54 Å². The molecule has 0 unspecified atom stereocenters. The van der Waals surface area contributed by atoms with Crippen molar-refractivity contribution in [3.05, 3.63) is 94.3 Å². The van der Waals surface area contributed by atoms with Crippen LogP contribution < -0.4 is 0 Å². The van der Waals surface area contributed by atoms with Crippen molar-refractivity contribution >= 4 is 28.0 Å². The first kappa shape index (κ1) is 16.8. The monoisotopic (exact) mass is 360 g/mol. The van der Waals surface area contributed by atoms with Gasteiger partial charge in [-0.15, -0.1) is 11.3 Å². The molecule has 2 heterocycles. The van der Waals surface area contributed by atoms with Gasteiger partial charge in [0.15, 0.2) is 5.78 Å². The number of fused-ring (bicyclic) bond motifs is 1. The Kier molecular flexibility index (Phi) is 4.69. The van der Waals surface area contributed by atoms with Gasteiger partial charge in [-0.1, -0.05) is 54.6 Å². The topological polar surface area (TPSA) is 36.1 Å². The third kappa shape index (κ3) is 3.21. The summed E-state index contributed by atoms with van der Waals surface area (Å²) in [4.78, 5) is 20.1. The summed E-state index contributed by atoms with van der Waals surface area (Å²) in [7, 11) is 2.02. The maximum Gasteiger partial charge on any atom is 0.186 e. The van der Waals surface area contributed by atoms with Gasteiger partial charge in [0.05, 0.1) is 6.04 Å². The van der Waals surface area contributed by atoms with Gasteiger partial charge in [-0.05, 0) is 30.1 Å². The van der Waals surface area contributed by atoms with Crippen LogP contribution in [0, 0.1) is 0 Å². The van der Waals surface area contributed by atoms with Crippen LogP contribution in [0.4, 0.5) is 0 Å². The molecule has 4 rings (SSSR count). The van der Waals surface area contributed by atoms with Crippen LogP contribution in [-0.4, -0.2) is 22.7 Å². The van der Waals surface area contributed by atoms with Crippen molar-refractivity contribution < 1.29 is 4.79 Å². The van der Waals surface area contributed by atoms with Crippen molar-refractivity contribution in [3.63, 3.8) is 0 Å². The van der Waals surface area contributed by atoms with E-state index in [0.29, 0.717) is 0 Å². The van der Waals surface area contributed by atoms with Gasteiger partial charge in [0.25, 0.3) is 0 Å². The third-order valence-corrected chi connectivity index (χ3v) is 5.51. The van der Waals surface area contributed by atoms with Gasteiger partial charge >= 0.3 is 0 Å². The molecular formula is C22H20N2OS. The molecule has 1 atom stereocenters. The number of likely N-dealkylation sites (N-methyl/N-ethyl adjacent to an activating group) is 1. The zero-order chi connectivity index (χ0) is 17.9. The quantitative estimate of drug-likeness (QED) is 0.475. The standard InChI is InChI=1S/C22H20N2OS/c1-24(15-17-10-7-13-26-17)21(16-8-3-2-4-9-16)22(25)19-14-23-20-12-6-5-11-18(19)20/h2-14,21,23H,15H2,1H3/t21-/m0/s1. The number of aromatic amines is 1.